The predicted molar refractivity (Wildman–Crippen MR) is 91.6 cm³/mol. The lowest BCUT2D eigenvalue weighted by Gasteiger charge is -2.25. The maximum Gasteiger partial charge on any atom is 0.272 e. The first kappa shape index (κ1) is 14.8. The number of pyridine rings is 1. The number of carbonyl (C=O) groups excluding carboxylic acids is 1. The number of benzene rings is 1. The third kappa shape index (κ3) is 2.62. The Balaban J connectivity index is 1.46. The van der Waals surface area contributed by atoms with E-state index in [1.807, 2.05) is 18.2 Å². The van der Waals surface area contributed by atoms with E-state index in [1.165, 1.54) is 11.8 Å². The zero-order valence-corrected chi connectivity index (χ0v) is 13.2. The van der Waals surface area contributed by atoms with Crippen molar-refractivity contribution in [2.45, 2.75) is 19.3 Å². The standard InChI is InChI=1S/C19H18N2O3/c22-16(15-10-21-19(23)18-14(15)7-8-20-18)6-5-12-9-13-3-1-2-4-17(13)24-11-12/h1-4,7-8,10,12,20H,5-6,9,11H2,(H,21,23). The van der Waals surface area contributed by atoms with Gasteiger partial charge in [0.05, 0.1) is 6.61 Å². The second-order valence-corrected chi connectivity index (χ2v) is 6.25. The topological polar surface area (TPSA) is 75.0 Å². The summed E-state index contributed by atoms with van der Waals surface area (Å²) >= 11 is 0. The van der Waals surface area contributed by atoms with E-state index < -0.39 is 0 Å². The van der Waals surface area contributed by atoms with Crippen molar-refractivity contribution in [3.63, 3.8) is 0 Å². The van der Waals surface area contributed by atoms with Crippen LogP contribution in [0.15, 0.2) is 47.5 Å². The first-order chi connectivity index (χ1) is 11.7. The maximum atomic E-state index is 12.6. The maximum absolute atomic E-state index is 12.6. The predicted octanol–water partition coefficient (Wildman–Crippen LogP) is 3.07. The zero-order valence-electron chi connectivity index (χ0n) is 13.2. The normalized spacial score (nSPS) is 16.6. The van der Waals surface area contributed by atoms with Gasteiger partial charge in [0.2, 0.25) is 0 Å². The number of hydrogen-bond acceptors (Lipinski definition) is 3. The monoisotopic (exact) mass is 322 g/mol. The number of ether oxygens (including phenoxy) is 1. The molecule has 0 fully saturated rings. The molecule has 4 rings (SSSR count). The molecule has 5 nitrogen and oxygen atoms in total. The number of Topliss-reactive ketones (excluding diaryl/α,β-unsaturated/α-hetero) is 1. The van der Waals surface area contributed by atoms with Crippen molar-refractivity contribution in [3.05, 3.63) is 64.2 Å². The van der Waals surface area contributed by atoms with Crippen molar-refractivity contribution >= 4 is 16.7 Å². The number of ketones is 1. The van der Waals surface area contributed by atoms with Crippen molar-refractivity contribution in [2.75, 3.05) is 6.61 Å². The van der Waals surface area contributed by atoms with Crippen LogP contribution in [0.3, 0.4) is 0 Å². The lowest BCUT2D eigenvalue weighted by Crippen LogP contribution is -2.21. The first-order valence-electron chi connectivity index (χ1n) is 8.15. The summed E-state index contributed by atoms with van der Waals surface area (Å²) in [5.41, 5.74) is 2.03. The average molecular weight is 322 g/mol. The van der Waals surface area contributed by atoms with Crippen LogP contribution in [0, 0.1) is 5.92 Å². The lowest BCUT2D eigenvalue weighted by atomic mass is 9.91. The van der Waals surface area contributed by atoms with Crippen molar-refractivity contribution in [2.24, 2.45) is 5.92 Å². The molecular weight excluding hydrogens is 304 g/mol. The molecule has 24 heavy (non-hydrogen) atoms. The number of carbonyl (C=O) groups is 1. The highest BCUT2D eigenvalue weighted by Crippen LogP contribution is 2.29. The van der Waals surface area contributed by atoms with Crippen LogP contribution in [0.1, 0.15) is 28.8 Å². The molecule has 5 heteroatoms. The van der Waals surface area contributed by atoms with Gasteiger partial charge in [0.25, 0.3) is 5.56 Å². The average Bonchev–Trinajstić information content (AvgIpc) is 3.10. The van der Waals surface area contributed by atoms with Crippen LogP contribution in [-0.4, -0.2) is 22.4 Å². The molecule has 0 amide bonds. The summed E-state index contributed by atoms with van der Waals surface area (Å²) in [6, 6.07) is 9.83. The third-order valence-electron chi connectivity index (χ3n) is 4.65. The summed E-state index contributed by atoms with van der Waals surface area (Å²) in [5, 5.41) is 0.689. The molecule has 0 spiro atoms. The molecule has 0 saturated heterocycles. The molecule has 1 aliphatic rings. The van der Waals surface area contributed by atoms with Gasteiger partial charge in [-0.2, -0.15) is 0 Å². The number of rotatable bonds is 4. The number of fused-ring (bicyclic) bond motifs is 2. The van der Waals surface area contributed by atoms with Crippen LogP contribution in [0.5, 0.6) is 5.75 Å². The molecule has 1 unspecified atom stereocenters. The number of aromatic amines is 2. The summed E-state index contributed by atoms with van der Waals surface area (Å²) in [7, 11) is 0. The molecule has 3 heterocycles. The molecule has 2 N–H and O–H groups in total. The summed E-state index contributed by atoms with van der Waals surface area (Å²) in [6.07, 6.45) is 5.37. The van der Waals surface area contributed by atoms with Crippen molar-refractivity contribution in [1.29, 1.82) is 0 Å². The summed E-state index contributed by atoms with van der Waals surface area (Å²) < 4.78 is 5.78. The van der Waals surface area contributed by atoms with E-state index in [9.17, 15) is 9.59 Å². The van der Waals surface area contributed by atoms with Crippen LogP contribution in [-0.2, 0) is 6.42 Å². The van der Waals surface area contributed by atoms with Gasteiger partial charge in [-0.3, -0.25) is 9.59 Å². The first-order valence-corrected chi connectivity index (χ1v) is 8.15. The Bertz CT molecular complexity index is 954. The molecule has 1 atom stereocenters. The van der Waals surface area contributed by atoms with E-state index in [0.717, 1.165) is 18.6 Å². The Hall–Kier alpha value is -2.82. The van der Waals surface area contributed by atoms with E-state index in [1.54, 1.807) is 12.3 Å². The van der Waals surface area contributed by atoms with Gasteiger partial charge >= 0.3 is 0 Å². The highest BCUT2D eigenvalue weighted by Gasteiger charge is 2.21. The smallest absolute Gasteiger partial charge is 0.272 e. The van der Waals surface area contributed by atoms with Crippen molar-refractivity contribution < 1.29 is 9.53 Å². The summed E-state index contributed by atoms with van der Waals surface area (Å²) in [5.74, 6) is 1.35. The number of H-pyrrole nitrogens is 2. The fourth-order valence-corrected chi connectivity index (χ4v) is 3.35. The molecule has 0 radical (unpaired) electrons. The van der Waals surface area contributed by atoms with Gasteiger partial charge in [-0.1, -0.05) is 18.2 Å². The molecule has 2 aromatic heterocycles. The van der Waals surface area contributed by atoms with Gasteiger partial charge in [-0.25, -0.2) is 0 Å². The number of nitrogens with one attached hydrogen (secondary N) is 2. The van der Waals surface area contributed by atoms with Crippen molar-refractivity contribution in [3.8, 4) is 5.75 Å². The van der Waals surface area contributed by atoms with E-state index in [2.05, 4.69) is 16.0 Å². The minimum absolute atomic E-state index is 0.0507. The van der Waals surface area contributed by atoms with Crippen LogP contribution in [0.25, 0.3) is 10.9 Å². The fraction of sp³-hybridized carbons (Fsp3) is 0.263. The zero-order chi connectivity index (χ0) is 16.5. The van der Waals surface area contributed by atoms with E-state index in [4.69, 9.17) is 4.74 Å². The highest BCUT2D eigenvalue weighted by molar-refractivity contribution is 6.06. The fourth-order valence-electron chi connectivity index (χ4n) is 3.35. The second kappa shape index (κ2) is 6.00. The molecule has 122 valence electrons. The second-order valence-electron chi connectivity index (χ2n) is 6.25. The van der Waals surface area contributed by atoms with E-state index >= 15 is 0 Å². The summed E-state index contributed by atoms with van der Waals surface area (Å²) in [4.78, 5) is 29.8. The molecule has 1 aromatic carbocycles. The highest BCUT2D eigenvalue weighted by atomic mass is 16.5. The largest absolute Gasteiger partial charge is 0.493 e. The van der Waals surface area contributed by atoms with Crippen LogP contribution in [0.2, 0.25) is 0 Å². The van der Waals surface area contributed by atoms with Crippen LogP contribution in [0.4, 0.5) is 0 Å². The van der Waals surface area contributed by atoms with Crippen LogP contribution >= 0.6 is 0 Å². The molecule has 1 aliphatic heterocycles. The Kier molecular flexibility index (Phi) is 3.69. The van der Waals surface area contributed by atoms with Crippen molar-refractivity contribution in [1.82, 2.24) is 9.97 Å². The number of hydrogen-bond donors (Lipinski definition) is 2. The van der Waals surface area contributed by atoms with E-state index in [0.29, 0.717) is 35.4 Å². The van der Waals surface area contributed by atoms with Gasteiger partial charge < -0.3 is 14.7 Å². The lowest BCUT2D eigenvalue weighted by molar-refractivity contribution is 0.0967. The quantitative estimate of drug-likeness (QED) is 0.725. The SMILES string of the molecule is O=C(CCC1COc2ccccc2C1)c1c[nH]c(=O)c2[nH]ccc12. The Morgan fingerprint density at radius 1 is 1.21 bits per heavy atom. The minimum atomic E-state index is -0.205. The number of para-hydroxylation sites is 1. The third-order valence-corrected chi connectivity index (χ3v) is 4.65. The summed E-state index contributed by atoms with van der Waals surface area (Å²) in [6.45, 7) is 0.648. The van der Waals surface area contributed by atoms with Gasteiger partial charge in [0.15, 0.2) is 5.78 Å². The van der Waals surface area contributed by atoms with E-state index in [-0.39, 0.29) is 11.3 Å². The van der Waals surface area contributed by atoms with Crippen LogP contribution < -0.4 is 10.3 Å². The van der Waals surface area contributed by atoms with Gasteiger partial charge in [-0.15, -0.1) is 0 Å². The minimum Gasteiger partial charge on any atom is -0.493 e. The number of aromatic nitrogens is 2. The Labute approximate surface area is 138 Å². The van der Waals surface area contributed by atoms with Gasteiger partial charge in [0, 0.05) is 29.8 Å². The Morgan fingerprint density at radius 2 is 2.08 bits per heavy atom. The Morgan fingerprint density at radius 3 is 3.00 bits per heavy atom. The molecule has 0 saturated carbocycles. The van der Waals surface area contributed by atoms with Gasteiger partial charge in [-0.05, 0) is 36.5 Å². The molecule has 0 bridgehead atoms. The molecule has 0 aliphatic carbocycles. The molecular formula is C19H18N2O3. The van der Waals surface area contributed by atoms with Gasteiger partial charge in [0.1, 0.15) is 11.3 Å². The molecule has 3 aromatic rings.